The Bertz CT molecular complexity index is 425. The van der Waals surface area contributed by atoms with Crippen LogP contribution in [0.2, 0.25) is 0 Å². The molecule has 0 saturated heterocycles. The van der Waals surface area contributed by atoms with E-state index in [0.29, 0.717) is 11.0 Å². The van der Waals surface area contributed by atoms with E-state index < -0.39 is 4.75 Å². The van der Waals surface area contributed by atoms with E-state index in [0.717, 1.165) is 5.56 Å². The maximum atomic E-state index is 10.8. The zero-order valence-electron chi connectivity index (χ0n) is 10.3. The second-order valence-electron chi connectivity index (χ2n) is 3.87. The summed E-state index contributed by atoms with van der Waals surface area (Å²) in [6, 6.07) is 9.33. The molecule has 4 nitrogen and oxygen atoms in total. The Morgan fingerprint density at radius 1 is 1.50 bits per heavy atom. The average molecular weight is 285 g/mol. The predicted octanol–water partition coefficient (Wildman–Crippen LogP) is 3.23. The fraction of sp³-hybridized carbons (Fsp3) is 0.417. The summed E-state index contributed by atoms with van der Waals surface area (Å²) in [7, 11) is 0. The number of benzene rings is 1. The molecule has 0 spiro atoms. The van der Waals surface area contributed by atoms with E-state index in [1.807, 2.05) is 37.3 Å². The summed E-state index contributed by atoms with van der Waals surface area (Å²) in [5.74, 6) is 0. The third-order valence-electron chi connectivity index (χ3n) is 2.39. The van der Waals surface area contributed by atoms with Gasteiger partial charge in [-0.2, -0.15) is 0 Å². The SMILES string of the molecule is CCOC(=S)SC(C)(C[N+](=O)[O-])c1ccccc1. The Balaban J connectivity index is 2.95. The molecule has 0 aliphatic heterocycles. The van der Waals surface area contributed by atoms with Crippen molar-refractivity contribution in [2.75, 3.05) is 13.2 Å². The minimum atomic E-state index is -0.711. The first-order chi connectivity index (χ1) is 8.48. The molecule has 0 bridgehead atoms. The van der Waals surface area contributed by atoms with Crippen LogP contribution in [0.1, 0.15) is 19.4 Å². The Hall–Kier alpha value is -1.14. The van der Waals surface area contributed by atoms with Crippen LogP contribution in [-0.4, -0.2) is 22.5 Å². The van der Waals surface area contributed by atoms with Crippen molar-refractivity contribution in [3.63, 3.8) is 0 Å². The highest BCUT2D eigenvalue weighted by Gasteiger charge is 2.35. The van der Waals surface area contributed by atoms with Crippen LogP contribution in [0.5, 0.6) is 0 Å². The normalized spacial score (nSPS) is 13.7. The van der Waals surface area contributed by atoms with Crippen LogP contribution in [0.3, 0.4) is 0 Å². The Morgan fingerprint density at radius 2 is 2.11 bits per heavy atom. The van der Waals surface area contributed by atoms with Crippen molar-refractivity contribution in [3.8, 4) is 0 Å². The largest absolute Gasteiger partial charge is 0.479 e. The molecule has 0 aromatic heterocycles. The molecule has 1 aromatic rings. The summed E-state index contributed by atoms with van der Waals surface area (Å²) in [5, 5.41) is 10.8. The van der Waals surface area contributed by atoms with Gasteiger partial charge in [-0.3, -0.25) is 10.1 Å². The predicted molar refractivity (Wildman–Crippen MR) is 77.5 cm³/mol. The maximum Gasteiger partial charge on any atom is 0.222 e. The molecule has 0 N–H and O–H groups in total. The van der Waals surface area contributed by atoms with Crippen molar-refractivity contribution in [1.29, 1.82) is 0 Å². The molecule has 0 radical (unpaired) electrons. The zero-order chi connectivity index (χ0) is 13.6. The van der Waals surface area contributed by atoms with Gasteiger partial charge in [-0.05, 0) is 31.6 Å². The summed E-state index contributed by atoms with van der Waals surface area (Å²) >= 11 is 6.29. The van der Waals surface area contributed by atoms with Crippen molar-refractivity contribution < 1.29 is 9.66 Å². The second-order valence-corrected chi connectivity index (χ2v) is 5.98. The summed E-state index contributed by atoms with van der Waals surface area (Å²) < 4.78 is 4.84. The number of rotatable bonds is 5. The van der Waals surface area contributed by atoms with E-state index in [-0.39, 0.29) is 11.5 Å². The third-order valence-corrected chi connectivity index (χ3v) is 3.85. The summed E-state index contributed by atoms with van der Waals surface area (Å²) in [4.78, 5) is 10.5. The number of hydrogen-bond acceptors (Lipinski definition) is 5. The minimum Gasteiger partial charge on any atom is -0.479 e. The fourth-order valence-corrected chi connectivity index (χ4v) is 3.19. The molecule has 98 valence electrons. The van der Waals surface area contributed by atoms with E-state index in [4.69, 9.17) is 17.0 Å². The molecule has 0 saturated carbocycles. The van der Waals surface area contributed by atoms with Crippen LogP contribution < -0.4 is 0 Å². The standard InChI is InChI=1S/C12H15NO3S2/c1-3-16-11(17)18-12(2,9-13(14)15)10-7-5-4-6-8-10/h4-8H,3,9H2,1-2H3. The number of hydrogen-bond donors (Lipinski definition) is 0. The van der Waals surface area contributed by atoms with Gasteiger partial charge in [0.05, 0.1) is 6.61 Å². The molecule has 0 heterocycles. The lowest BCUT2D eigenvalue weighted by Crippen LogP contribution is -2.29. The van der Waals surface area contributed by atoms with Crippen molar-refractivity contribution in [3.05, 3.63) is 46.0 Å². The number of thiocarbonyl (C=S) groups is 1. The highest BCUT2D eigenvalue weighted by atomic mass is 32.2. The third kappa shape index (κ3) is 4.27. The number of ether oxygens (including phenoxy) is 1. The van der Waals surface area contributed by atoms with E-state index in [9.17, 15) is 10.1 Å². The van der Waals surface area contributed by atoms with Gasteiger partial charge in [0.1, 0.15) is 4.75 Å². The molecule has 0 aliphatic rings. The molecule has 0 amide bonds. The fourth-order valence-electron chi connectivity index (χ4n) is 1.55. The highest BCUT2D eigenvalue weighted by molar-refractivity contribution is 8.23. The zero-order valence-corrected chi connectivity index (χ0v) is 11.9. The molecule has 0 aliphatic carbocycles. The molecule has 18 heavy (non-hydrogen) atoms. The minimum absolute atomic E-state index is 0.200. The van der Waals surface area contributed by atoms with Crippen LogP contribution in [0.4, 0.5) is 0 Å². The van der Waals surface area contributed by atoms with Gasteiger partial charge in [0.25, 0.3) is 0 Å². The summed E-state index contributed by atoms with van der Waals surface area (Å²) in [6.07, 6.45) is 0. The lowest BCUT2D eigenvalue weighted by molar-refractivity contribution is -0.485. The second kappa shape index (κ2) is 6.70. The molecular weight excluding hydrogens is 270 g/mol. The maximum absolute atomic E-state index is 10.8. The topological polar surface area (TPSA) is 52.4 Å². The molecule has 1 rings (SSSR count). The van der Waals surface area contributed by atoms with Crippen molar-refractivity contribution in [1.82, 2.24) is 0 Å². The molecule has 1 unspecified atom stereocenters. The number of nitro groups is 1. The van der Waals surface area contributed by atoms with Crippen LogP contribution >= 0.6 is 24.0 Å². The van der Waals surface area contributed by atoms with E-state index in [1.54, 1.807) is 6.92 Å². The lowest BCUT2D eigenvalue weighted by atomic mass is 10.0. The van der Waals surface area contributed by atoms with Crippen LogP contribution in [0.25, 0.3) is 0 Å². The van der Waals surface area contributed by atoms with Crippen molar-refractivity contribution in [2.24, 2.45) is 0 Å². The molecule has 1 atom stereocenters. The average Bonchev–Trinajstić information content (AvgIpc) is 2.29. The van der Waals surface area contributed by atoms with Crippen LogP contribution in [-0.2, 0) is 9.48 Å². The smallest absolute Gasteiger partial charge is 0.222 e. The first-order valence-corrected chi connectivity index (χ1v) is 6.73. The Labute approximate surface area is 116 Å². The first kappa shape index (κ1) is 14.9. The quantitative estimate of drug-likeness (QED) is 0.472. The molecular formula is C12H15NO3S2. The lowest BCUT2D eigenvalue weighted by Gasteiger charge is -2.25. The molecule has 6 heteroatoms. The monoisotopic (exact) mass is 285 g/mol. The molecule has 0 fully saturated rings. The van der Waals surface area contributed by atoms with Crippen LogP contribution in [0, 0.1) is 10.1 Å². The van der Waals surface area contributed by atoms with Gasteiger partial charge in [-0.15, -0.1) is 0 Å². The summed E-state index contributed by atoms with van der Waals surface area (Å²) in [5.41, 5.74) is 0.869. The van der Waals surface area contributed by atoms with Gasteiger partial charge in [0, 0.05) is 4.92 Å². The van der Waals surface area contributed by atoms with Gasteiger partial charge >= 0.3 is 0 Å². The Kier molecular flexibility index (Phi) is 5.55. The van der Waals surface area contributed by atoms with Gasteiger partial charge < -0.3 is 4.74 Å². The number of thioether (sulfide) groups is 1. The van der Waals surface area contributed by atoms with E-state index >= 15 is 0 Å². The highest BCUT2D eigenvalue weighted by Crippen LogP contribution is 2.37. The van der Waals surface area contributed by atoms with Crippen molar-refractivity contribution >= 4 is 28.4 Å². The van der Waals surface area contributed by atoms with E-state index in [2.05, 4.69) is 0 Å². The van der Waals surface area contributed by atoms with Gasteiger partial charge in [0.15, 0.2) is 0 Å². The van der Waals surface area contributed by atoms with Crippen LogP contribution in [0.15, 0.2) is 30.3 Å². The van der Waals surface area contributed by atoms with Crippen molar-refractivity contribution in [2.45, 2.75) is 18.6 Å². The van der Waals surface area contributed by atoms with Gasteiger partial charge in [-0.1, -0.05) is 42.1 Å². The Morgan fingerprint density at radius 3 is 2.61 bits per heavy atom. The molecule has 1 aromatic carbocycles. The van der Waals surface area contributed by atoms with Gasteiger partial charge in [0.2, 0.25) is 10.9 Å². The van der Waals surface area contributed by atoms with E-state index in [1.165, 1.54) is 11.8 Å². The first-order valence-electron chi connectivity index (χ1n) is 5.51. The number of nitrogens with zero attached hydrogens (tertiary/aromatic N) is 1. The summed E-state index contributed by atoms with van der Waals surface area (Å²) in [6.45, 7) is 3.91. The van der Waals surface area contributed by atoms with Gasteiger partial charge in [-0.25, -0.2) is 0 Å².